The number of esters is 1. The van der Waals surface area contributed by atoms with Crippen LogP contribution in [-0.4, -0.2) is 60.2 Å². The standard InChI is InChI=1S/C33H40ClN3O6/c1-6-42-30(39)18-22-14-16-36(17-15-22)29(38)13-12-28-33-35-20(2)21(3)37(33)26-11-10-23(34)19-25(26)31(43-28)24-8-7-9-27(40-4)32(24)41-5/h7-11,19,22,28,31H,6,12-18H2,1-5H3/t28-,31-/m1/s1. The van der Waals surface area contributed by atoms with E-state index in [1.807, 2.05) is 62.1 Å². The minimum atomic E-state index is -0.557. The first-order chi connectivity index (χ1) is 20.7. The summed E-state index contributed by atoms with van der Waals surface area (Å²) < 4.78 is 25.6. The lowest BCUT2D eigenvalue weighted by Crippen LogP contribution is -2.39. The second-order valence-electron chi connectivity index (χ2n) is 11.1. The molecule has 5 rings (SSSR count). The van der Waals surface area contributed by atoms with Gasteiger partial charge in [-0.25, -0.2) is 4.98 Å². The van der Waals surface area contributed by atoms with Crippen LogP contribution < -0.4 is 9.47 Å². The van der Waals surface area contributed by atoms with Crippen molar-refractivity contribution in [3.8, 4) is 17.2 Å². The molecule has 2 aliphatic rings. The fourth-order valence-corrected chi connectivity index (χ4v) is 6.39. The third-order valence-corrected chi connectivity index (χ3v) is 8.77. The maximum Gasteiger partial charge on any atom is 0.306 e. The average Bonchev–Trinajstić information content (AvgIpc) is 3.22. The zero-order valence-corrected chi connectivity index (χ0v) is 26.3. The first kappa shape index (κ1) is 30.9. The minimum absolute atomic E-state index is 0.0741. The van der Waals surface area contributed by atoms with E-state index in [2.05, 4.69) is 4.57 Å². The van der Waals surface area contributed by atoms with Gasteiger partial charge in [-0.3, -0.25) is 14.2 Å². The normalized spacial score (nSPS) is 18.4. The lowest BCUT2D eigenvalue weighted by atomic mass is 9.93. The van der Waals surface area contributed by atoms with Crippen molar-refractivity contribution in [2.24, 2.45) is 5.92 Å². The first-order valence-electron chi connectivity index (χ1n) is 14.9. The van der Waals surface area contributed by atoms with Gasteiger partial charge in [0.25, 0.3) is 0 Å². The number of rotatable bonds is 9. The fraction of sp³-hybridized carbons (Fsp3) is 0.485. The summed E-state index contributed by atoms with van der Waals surface area (Å²) in [5, 5.41) is 0.588. The van der Waals surface area contributed by atoms with Gasteiger partial charge in [0, 0.05) is 47.8 Å². The number of carbonyl (C=O) groups is 2. The molecule has 3 aromatic rings. The van der Waals surface area contributed by atoms with Crippen molar-refractivity contribution in [2.75, 3.05) is 33.9 Å². The summed E-state index contributed by atoms with van der Waals surface area (Å²) in [7, 11) is 3.22. The van der Waals surface area contributed by atoms with Gasteiger partial charge in [0.1, 0.15) is 18.0 Å². The van der Waals surface area contributed by atoms with Crippen molar-refractivity contribution < 1.29 is 28.5 Å². The number of nitrogens with zero attached hydrogens (tertiary/aromatic N) is 3. The maximum atomic E-state index is 13.4. The van der Waals surface area contributed by atoms with Crippen LogP contribution in [0.1, 0.15) is 79.6 Å². The van der Waals surface area contributed by atoms with Crippen molar-refractivity contribution in [1.82, 2.24) is 14.5 Å². The molecule has 0 N–H and O–H groups in total. The number of piperidine rings is 1. The molecule has 1 saturated heterocycles. The number of fused-ring (bicyclic) bond motifs is 3. The van der Waals surface area contributed by atoms with Crippen LogP contribution in [0.15, 0.2) is 36.4 Å². The Kier molecular flexibility index (Phi) is 9.62. The summed E-state index contributed by atoms with van der Waals surface area (Å²) in [6.45, 7) is 7.50. The molecular formula is C33H40ClN3O6. The van der Waals surface area contributed by atoms with Gasteiger partial charge in [0.15, 0.2) is 11.5 Å². The zero-order valence-electron chi connectivity index (χ0n) is 25.5. The molecule has 0 saturated carbocycles. The van der Waals surface area contributed by atoms with E-state index in [1.165, 1.54) is 0 Å². The van der Waals surface area contributed by atoms with Gasteiger partial charge in [-0.1, -0.05) is 23.7 Å². The first-order valence-corrected chi connectivity index (χ1v) is 15.3. The quantitative estimate of drug-likeness (QED) is 0.263. The Morgan fingerprint density at radius 2 is 1.84 bits per heavy atom. The average molecular weight is 610 g/mol. The van der Waals surface area contributed by atoms with Gasteiger partial charge < -0.3 is 23.8 Å². The van der Waals surface area contributed by atoms with Crippen LogP contribution in [0.3, 0.4) is 0 Å². The molecule has 0 radical (unpaired) electrons. The molecule has 10 heteroatoms. The molecular weight excluding hydrogens is 570 g/mol. The highest BCUT2D eigenvalue weighted by Crippen LogP contribution is 2.47. The molecule has 2 aromatic carbocycles. The molecule has 0 spiro atoms. The van der Waals surface area contributed by atoms with Crippen molar-refractivity contribution >= 4 is 23.5 Å². The van der Waals surface area contributed by atoms with E-state index in [1.54, 1.807) is 14.2 Å². The number of carbonyl (C=O) groups excluding carboxylic acids is 2. The van der Waals surface area contributed by atoms with Crippen LogP contribution in [0.25, 0.3) is 5.69 Å². The molecule has 0 bridgehead atoms. The number of aryl methyl sites for hydroxylation is 1. The summed E-state index contributed by atoms with van der Waals surface area (Å²) in [5.41, 5.74) is 4.49. The number of ether oxygens (including phenoxy) is 4. The second kappa shape index (κ2) is 13.4. The summed E-state index contributed by atoms with van der Waals surface area (Å²) in [4.78, 5) is 32.2. The Hall–Kier alpha value is -3.56. The van der Waals surface area contributed by atoms with E-state index in [0.29, 0.717) is 55.5 Å². The van der Waals surface area contributed by atoms with Crippen LogP contribution in [0.5, 0.6) is 11.5 Å². The Bertz CT molecular complexity index is 1480. The van der Waals surface area contributed by atoms with Crippen molar-refractivity contribution in [1.29, 1.82) is 0 Å². The monoisotopic (exact) mass is 609 g/mol. The van der Waals surface area contributed by atoms with Gasteiger partial charge in [0.05, 0.1) is 32.2 Å². The van der Waals surface area contributed by atoms with E-state index in [0.717, 1.165) is 46.9 Å². The lowest BCUT2D eigenvalue weighted by Gasteiger charge is -2.32. The largest absolute Gasteiger partial charge is 0.493 e. The Labute approximate surface area is 258 Å². The van der Waals surface area contributed by atoms with Gasteiger partial charge in [0.2, 0.25) is 5.91 Å². The van der Waals surface area contributed by atoms with E-state index in [9.17, 15) is 9.59 Å². The number of amides is 1. The minimum Gasteiger partial charge on any atom is -0.493 e. The van der Waals surface area contributed by atoms with E-state index >= 15 is 0 Å². The molecule has 2 aliphatic heterocycles. The van der Waals surface area contributed by atoms with E-state index in [-0.39, 0.29) is 17.8 Å². The predicted molar refractivity (Wildman–Crippen MR) is 163 cm³/mol. The molecule has 1 amide bonds. The number of benzene rings is 2. The summed E-state index contributed by atoms with van der Waals surface area (Å²) in [6.07, 6.45) is 1.71. The fourth-order valence-electron chi connectivity index (χ4n) is 6.21. The van der Waals surface area contributed by atoms with Gasteiger partial charge in [-0.2, -0.15) is 0 Å². The number of hydrogen-bond acceptors (Lipinski definition) is 7. The van der Waals surface area contributed by atoms with Gasteiger partial charge >= 0.3 is 5.97 Å². The van der Waals surface area contributed by atoms with Crippen molar-refractivity contribution in [2.45, 2.75) is 65.1 Å². The molecule has 1 fully saturated rings. The number of para-hydroxylation sites is 1. The third kappa shape index (κ3) is 6.38. The number of likely N-dealkylation sites (tertiary alicyclic amines) is 1. The number of methoxy groups -OCH3 is 2. The number of aromatic nitrogens is 2. The molecule has 3 heterocycles. The highest BCUT2D eigenvalue weighted by molar-refractivity contribution is 6.30. The highest BCUT2D eigenvalue weighted by atomic mass is 35.5. The molecule has 0 unspecified atom stereocenters. The van der Waals surface area contributed by atoms with Crippen molar-refractivity contribution in [3.05, 3.63) is 69.8 Å². The molecule has 0 aliphatic carbocycles. The van der Waals surface area contributed by atoms with Crippen LogP contribution in [-0.2, 0) is 19.1 Å². The second-order valence-corrected chi connectivity index (χ2v) is 11.6. The zero-order chi connectivity index (χ0) is 30.7. The highest BCUT2D eigenvalue weighted by Gasteiger charge is 2.36. The maximum absolute atomic E-state index is 13.4. The Morgan fingerprint density at radius 1 is 1.07 bits per heavy atom. The van der Waals surface area contributed by atoms with Crippen LogP contribution in [0.2, 0.25) is 5.02 Å². The summed E-state index contributed by atoms with van der Waals surface area (Å²) in [5.74, 6) is 2.08. The SMILES string of the molecule is CCOC(=O)CC1CCN(C(=O)CC[C@H]2O[C@H](c3cccc(OC)c3OC)c3cc(Cl)ccc3-n3c2nc(C)c3C)CC1. The van der Waals surface area contributed by atoms with Gasteiger partial charge in [-0.05, 0) is 70.2 Å². The molecule has 230 valence electrons. The summed E-state index contributed by atoms with van der Waals surface area (Å²) >= 11 is 6.55. The van der Waals surface area contributed by atoms with Crippen LogP contribution >= 0.6 is 11.6 Å². The number of halogens is 1. The third-order valence-electron chi connectivity index (χ3n) is 8.54. The van der Waals surface area contributed by atoms with Crippen LogP contribution in [0.4, 0.5) is 0 Å². The molecule has 43 heavy (non-hydrogen) atoms. The topological polar surface area (TPSA) is 92.1 Å². The Morgan fingerprint density at radius 3 is 2.53 bits per heavy atom. The predicted octanol–water partition coefficient (Wildman–Crippen LogP) is 6.29. The van der Waals surface area contributed by atoms with E-state index < -0.39 is 12.2 Å². The molecule has 2 atom stereocenters. The smallest absolute Gasteiger partial charge is 0.306 e. The van der Waals surface area contributed by atoms with Crippen molar-refractivity contribution in [3.63, 3.8) is 0 Å². The summed E-state index contributed by atoms with van der Waals surface area (Å²) in [6, 6.07) is 11.5. The molecule has 9 nitrogen and oxygen atoms in total. The number of imidazole rings is 1. The lowest BCUT2D eigenvalue weighted by molar-refractivity contribution is -0.144. The van der Waals surface area contributed by atoms with Gasteiger partial charge in [-0.15, -0.1) is 0 Å². The van der Waals surface area contributed by atoms with Crippen LogP contribution in [0, 0.1) is 19.8 Å². The van der Waals surface area contributed by atoms with E-state index in [4.69, 9.17) is 35.5 Å². The number of hydrogen-bond donors (Lipinski definition) is 0. The molecule has 1 aromatic heterocycles. The Balaban J connectivity index is 1.43.